The van der Waals surface area contributed by atoms with Gasteiger partial charge in [-0.25, -0.2) is 0 Å². The molecule has 6 nitrogen and oxygen atoms in total. The van der Waals surface area contributed by atoms with Crippen LogP contribution in [0.4, 0.5) is 0 Å². The van der Waals surface area contributed by atoms with E-state index in [1.807, 2.05) is 0 Å². The summed E-state index contributed by atoms with van der Waals surface area (Å²) in [6.07, 6.45) is 9.02. The maximum atomic E-state index is 11.0. The molecule has 4 atom stereocenters. The predicted octanol–water partition coefficient (Wildman–Crippen LogP) is 10.0. The fraction of sp³-hybridized carbons (Fsp3) is 0.806. The summed E-state index contributed by atoms with van der Waals surface area (Å²) in [6, 6.07) is 3.24. The van der Waals surface area contributed by atoms with Gasteiger partial charge in [-0.15, -0.1) is 0 Å². The number of aliphatic hydroxyl groups is 1. The molecule has 0 saturated carbocycles. The minimum atomic E-state index is -2.15. The number of hydrogen-bond donors (Lipinski definition) is 2. The molecule has 0 radical (unpaired) electrons. The second kappa shape index (κ2) is 17.8. The highest BCUT2D eigenvalue weighted by molar-refractivity contribution is 6.74. The first-order valence-corrected chi connectivity index (χ1v) is 26.4. The van der Waals surface area contributed by atoms with E-state index in [-0.39, 0.29) is 35.5 Å². The molecule has 260 valence electrons. The Hall–Kier alpha value is -1.16. The molecule has 1 aliphatic carbocycles. The maximum Gasteiger partial charge on any atom is 0.303 e. The van der Waals surface area contributed by atoms with Gasteiger partial charge in [0.1, 0.15) is 6.10 Å². The Morgan fingerprint density at radius 1 is 1.04 bits per heavy atom. The zero-order valence-corrected chi connectivity index (χ0v) is 34.2. The number of carboxylic acids is 1. The second-order valence-electron chi connectivity index (χ2n) is 15.8. The van der Waals surface area contributed by atoms with Crippen molar-refractivity contribution in [2.45, 2.75) is 180 Å². The van der Waals surface area contributed by atoms with Crippen LogP contribution in [0, 0.1) is 17.8 Å². The standard InChI is InChI=1S/C36H68O6Si3/c1-14-18-26-36(8,42-43(9,10)11)27-20-23-31-30(22-19-21-29(37)24-25-34(38)39)32(40-44(12,13)35(5,6)7)28-33(31)41-45(15-2,16-3)17-4/h20,23,29,31,33,37H,14-18,22,24-28H2,1-13H3,(H,38,39)/b23-20+/t29?,31-,33-,36?/m1/s1. The molecule has 2 unspecified atom stereocenters. The quantitative estimate of drug-likeness (QED) is 0.0803. The molecule has 0 bridgehead atoms. The Bertz CT molecular complexity index is 1050. The smallest absolute Gasteiger partial charge is 0.303 e. The third-order valence-electron chi connectivity index (χ3n) is 9.75. The Morgan fingerprint density at radius 3 is 2.13 bits per heavy atom. The van der Waals surface area contributed by atoms with Crippen LogP contribution in [0.2, 0.25) is 55.9 Å². The van der Waals surface area contributed by atoms with Crippen molar-refractivity contribution >= 4 is 30.9 Å². The number of carboxylic acid groups (broad SMARTS) is 1. The average molecular weight is 681 g/mol. The van der Waals surface area contributed by atoms with E-state index in [4.69, 9.17) is 18.4 Å². The number of unbranched alkanes of at least 4 members (excludes halogenated alkanes) is 1. The van der Waals surface area contributed by atoms with Crippen molar-refractivity contribution in [2.75, 3.05) is 0 Å². The molecule has 0 aromatic heterocycles. The van der Waals surface area contributed by atoms with E-state index in [2.05, 4.69) is 112 Å². The van der Waals surface area contributed by atoms with Gasteiger partial charge < -0.3 is 23.5 Å². The van der Waals surface area contributed by atoms with Gasteiger partial charge in [-0.2, -0.15) is 0 Å². The predicted molar refractivity (Wildman–Crippen MR) is 197 cm³/mol. The highest BCUT2D eigenvalue weighted by Crippen LogP contribution is 2.45. The van der Waals surface area contributed by atoms with Crippen molar-refractivity contribution in [2.24, 2.45) is 5.92 Å². The largest absolute Gasteiger partial charge is 0.546 e. The number of rotatable bonds is 19. The van der Waals surface area contributed by atoms with Gasteiger partial charge in [-0.1, -0.05) is 85.3 Å². The number of aliphatic carboxylic acids is 1. The zero-order chi connectivity index (χ0) is 34.7. The molecule has 9 heteroatoms. The molecule has 45 heavy (non-hydrogen) atoms. The molecule has 0 spiro atoms. The van der Waals surface area contributed by atoms with Gasteiger partial charge in [0.2, 0.25) is 8.32 Å². The van der Waals surface area contributed by atoms with E-state index in [1.54, 1.807) is 0 Å². The van der Waals surface area contributed by atoms with Crippen molar-refractivity contribution < 1.29 is 28.3 Å². The Morgan fingerprint density at radius 2 is 1.64 bits per heavy atom. The van der Waals surface area contributed by atoms with Crippen molar-refractivity contribution in [3.05, 3.63) is 23.5 Å². The topological polar surface area (TPSA) is 85.2 Å². The van der Waals surface area contributed by atoms with Gasteiger partial charge >= 0.3 is 5.97 Å². The van der Waals surface area contributed by atoms with Crippen LogP contribution in [-0.2, 0) is 18.1 Å². The van der Waals surface area contributed by atoms with Crippen LogP contribution >= 0.6 is 0 Å². The molecule has 0 aliphatic heterocycles. The van der Waals surface area contributed by atoms with Crippen molar-refractivity contribution in [3.63, 3.8) is 0 Å². The molecule has 0 aromatic rings. The molecule has 0 fully saturated rings. The lowest BCUT2D eigenvalue weighted by Gasteiger charge is -2.37. The van der Waals surface area contributed by atoms with Crippen LogP contribution in [0.1, 0.15) is 107 Å². The average Bonchev–Trinajstić information content (AvgIpc) is 3.22. The summed E-state index contributed by atoms with van der Waals surface area (Å²) < 4.78 is 21.1. The van der Waals surface area contributed by atoms with E-state index in [9.17, 15) is 9.90 Å². The van der Waals surface area contributed by atoms with Crippen LogP contribution in [0.25, 0.3) is 0 Å². The SMILES string of the molecule is CCCCC(C)(C/C=C/[C@@H]1C(CC#CC(O)CCC(=O)O)=C(O[Si](C)(C)C(C)(C)C)C[C@H]1O[Si](CC)(CC)CC)O[Si](C)(C)C. The molecular formula is C36H68O6Si3. The van der Waals surface area contributed by atoms with Crippen molar-refractivity contribution in [1.29, 1.82) is 0 Å². The lowest BCUT2D eigenvalue weighted by atomic mass is 9.92. The Kier molecular flexibility index (Phi) is 16.6. The fourth-order valence-corrected chi connectivity index (χ4v) is 11.5. The lowest BCUT2D eigenvalue weighted by Crippen LogP contribution is -2.42. The van der Waals surface area contributed by atoms with Gasteiger partial charge in [0.05, 0.1) is 17.5 Å². The van der Waals surface area contributed by atoms with Crippen LogP contribution < -0.4 is 0 Å². The summed E-state index contributed by atoms with van der Waals surface area (Å²) in [4.78, 5) is 11.0. The molecule has 2 N–H and O–H groups in total. The summed E-state index contributed by atoms with van der Waals surface area (Å²) >= 11 is 0. The van der Waals surface area contributed by atoms with E-state index in [0.717, 1.165) is 61.6 Å². The van der Waals surface area contributed by atoms with Crippen LogP contribution in [-0.4, -0.2) is 58.9 Å². The van der Waals surface area contributed by atoms with Gasteiger partial charge in [0.15, 0.2) is 16.6 Å². The highest BCUT2D eigenvalue weighted by atomic mass is 28.4. The molecule has 0 aromatic carbocycles. The van der Waals surface area contributed by atoms with Crippen LogP contribution in [0.5, 0.6) is 0 Å². The molecule has 0 saturated heterocycles. The van der Waals surface area contributed by atoms with E-state index >= 15 is 0 Å². The normalized spacial score (nSPS) is 20.2. The van der Waals surface area contributed by atoms with Gasteiger partial charge in [0.25, 0.3) is 0 Å². The fourth-order valence-electron chi connectivity index (χ4n) is 5.86. The lowest BCUT2D eigenvalue weighted by molar-refractivity contribution is -0.137. The van der Waals surface area contributed by atoms with Crippen molar-refractivity contribution in [3.8, 4) is 11.8 Å². The summed E-state index contributed by atoms with van der Waals surface area (Å²) in [5.74, 6) is 6.23. The van der Waals surface area contributed by atoms with Gasteiger partial charge in [-0.3, -0.25) is 4.79 Å². The van der Waals surface area contributed by atoms with Crippen molar-refractivity contribution in [1.82, 2.24) is 0 Å². The Balaban J connectivity index is 3.65. The first-order chi connectivity index (χ1) is 20.7. The summed E-state index contributed by atoms with van der Waals surface area (Å²) in [5, 5.41) is 19.4. The first kappa shape index (κ1) is 41.9. The molecular weight excluding hydrogens is 613 g/mol. The second-order valence-corrected chi connectivity index (χ2v) is 29.7. The highest BCUT2D eigenvalue weighted by Gasteiger charge is 2.45. The Labute approximate surface area is 280 Å². The van der Waals surface area contributed by atoms with Crippen LogP contribution in [0.15, 0.2) is 23.5 Å². The van der Waals surface area contributed by atoms with Gasteiger partial charge in [0, 0.05) is 25.2 Å². The first-order valence-electron chi connectivity index (χ1n) is 17.5. The molecule has 1 aliphatic rings. The minimum Gasteiger partial charge on any atom is -0.546 e. The summed E-state index contributed by atoms with van der Waals surface area (Å²) in [6.45, 7) is 29.5. The number of carbonyl (C=O) groups is 1. The van der Waals surface area contributed by atoms with E-state index in [1.165, 1.54) is 0 Å². The van der Waals surface area contributed by atoms with Crippen LogP contribution in [0.3, 0.4) is 0 Å². The van der Waals surface area contributed by atoms with E-state index in [0.29, 0.717) is 6.42 Å². The number of aliphatic hydroxyl groups excluding tert-OH is 1. The summed E-state index contributed by atoms with van der Waals surface area (Å²) in [7, 11) is -5.83. The maximum absolute atomic E-state index is 11.0. The van der Waals surface area contributed by atoms with Gasteiger partial charge in [-0.05, 0) is 87.7 Å². The molecule has 0 heterocycles. The molecule has 1 rings (SSSR count). The number of hydrogen-bond acceptors (Lipinski definition) is 5. The zero-order valence-electron chi connectivity index (χ0n) is 31.2. The summed E-state index contributed by atoms with van der Waals surface area (Å²) in [5.41, 5.74) is 0.936. The minimum absolute atomic E-state index is 0.0129. The third-order valence-corrected chi connectivity index (χ3v) is 19.9. The monoisotopic (exact) mass is 680 g/mol. The van der Waals surface area contributed by atoms with E-state index < -0.39 is 37.0 Å². The third kappa shape index (κ3) is 13.8. The molecule has 0 amide bonds.